The Hall–Kier alpha value is -2.81. The van der Waals surface area contributed by atoms with E-state index in [0.29, 0.717) is 37.6 Å². The number of nitriles is 1. The largest absolute Gasteiger partial charge is 0.461 e. The van der Waals surface area contributed by atoms with Gasteiger partial charge in [0.05, 0.1) is 23.3 Å². The average Bonchev–Trinajstić information content (AvgIpc) is 2.99. The quantitative estimate of drug-likeness (QED) is 0.499. The first kappa shape index (κ1) is 18.0. The fourth-order valence-electron chi connectivity index (χ4n) is 2.63. The van der Waals surface area contributed by atoms with Crippen molar-refractivity contribution in [2.75, 3.05) is 6.61 Å². The Kier molecular flexibility index (Phi) is 5.27. The normalized spacial score (nSPS) is 11.4. The number of fused-ring (bicyclic) bond motifs is 1. The lowest BCUT2D eigenvalue weighted by molar-refractivity contribution is 0.0520. The van der Waals surface area contributed by atoms with Gasteiger partial charge in [-0.15, -0.1) is 0 Å². The highest BCUT2D eigenvalue weighted by molar-refractivity contribution is 6.39. The summed E-state index contributed by atoms with van der Waals surface area (Å²) in [6.07, 6.45) is 4.79. The molecule has 3 aromatic rings. The molecule has 7 heteroatoms. The first-order chi connectivity index (χ1) is 12.5. The van der Waals surface area contributed by atoms with Crippen LogP contribution in [0.25, 0.3) is 22.6 Å². The summed E-state index contributed by atoms with van der Waals surface area (Å²) >= 11 is 12.4. The monoisotopic (exact) mass is 385 g/mol. The SMILES string of the molecule is CCOC(=O)c1[nH]c2cc(Cl)cc(Cl)c2c1C=C(C#N)c1cccnc1. The van der Waals surface area contributed by atoms with Crippen LogP contribution in [0.3, 0.4) is 0 Å². The van der Waals surface area contributed by atoms with Crippen molar-refractivity contribution in [2.24, 2.45) is 0 Å². The van der Waals surface area contributed by atoms with E-state index >= 15 is 0 Å². The summed E-state index contributed by atoms with van der Waals surface area (Å²) in [5.41, 5.74) is 2.24. The summed E-state index contributed by atoms with van der Waals surface area (Å²) in [7, 11) is 0. The standard InChI is InChI=1S/C19H13Cl2N3O2/c1-2-26-19(25)18-14(6-12(9-22)11-4-3-5-23-10-11)17-15(21)7-13(20)8-16(17)24-18/h3-8,10,24H,2H2,1H3. The third-order valence-corrected chi connectivity index (χ3v) is 4.23. The molecule has 1 N–H and O–H groups in total. The van der Waals surface area contributed by atoms with Gasteiger partial charge in [-0.05, 0) is 31.2 Å². The molecule has 0 atom stereocenters. The number of nitrogens with zero attached hydrogens (tertiary/aromatic N) is 2. The summed E-state index contributed by atoms with van der Waals surface area (Å²) in [6.45, 7) is 1.94. The highest BCUT2D eigenvalue weighted by atomic mass is 35.5. The van der Waals surface area contributed by atoms with E-state index < -0.39 is 5.97 Å². The van der Waals surface area contributed by atoms with Crippen LogP contribution in [0.4, 0.5) is 0 Å². The van der Waals surface area contributed by atoms with E-state index in [1.165, 1.54) is 0 Å². The number of benzene rings is 1. The number of carbonyl (C=O) groups excluding carboxylic acids is 1. The lowest BCUT2D eigenvalue weighted by Gasteiger charge is -2.03. The van der Waals surface area contributed by atoms with E-state index in [2.05, 4.69) is 16.0 Å². The number of nitrogens with one attached hydrogen (secondary N) is 1. The molecule has 26 heavy (non-hydrogen) atoms. The zero-order chi connectivity index (χ0) is 18.7. The number of hydrogen-bond donors (Lipinski definition) is 1. The number of hydrogen-bond acceptors (Lipinski definition) is 4. The average molecular weight is 386 g/mol. The summed E-state index contributed by atoms with van der Waals surface area (Å²) in [5.74, 6) is -0.536. The molecule has 0 aliphatic heterocycles. The van der Waals surface area contributed by atoms with Gasteiger partial charge in [-0.3, -0.25) is 4.98 Å². The van der Waals surface area contributed by atoms with E-state index in [4.69, 9.17) is 27.9 Å². The van der Waals surface area contributed by atoms with E-state index in [1.54, 1.807) is 49.7 Å². The van der Waals surface area contributed by atoms with Gasteiger partial charge in [0.1, 0.15) is 5.69 Å². The molecule has 0 saturated heterocycles. The molecule has 0 radical (unpaired) electrons. The number of carbonyl (C=O) groups is 1. The number of allylic oxidation sites excluding steroid dienone is 1. The molecule has 0 bridgehead atoms. The van der Waals surface area contributed by atoms with Crippen molar-refractivity contribution in [3.63, 3.8) is 0 Å². The van der Waals surface area contributed by atoms with E-state index in [0.717, 1.165) is 0 Å². The van der Waals surface area contributed by atoms with Crippen LogP contribution in [0.15, 0.2) is 36.7 Å². The third kappa shape index (κ3) is 3.43. The maximum Gasteiger partial charge on any atom is 0.355 e. The second-order valence-electron chi connectivity index (χ2n) is 5.36. The van der Waals surface area contributed by atoms with Crippen LogP contribution in [0.1, 0.15) is 28.5 Å². The van der Waals surface area contributed by atoms with Crippen LogP contribution in [0.5, 0.6) is 0 Å². The van der Waals surface area contributed by atoms with Gasteiger partial charge in [-0.25, -0.2) is 4.79 Å². The van der Waals surface area contributed by atoms with Gasteiger partial charge >= 0.3 is 5.97 Å². The second-order valence-corrected chi connectivity index (χ2v) is 6.20. The molecule has 0 fully saturated rings. The van der Waals surface area contributed by atoms with Crippen molar-refractivity contribution >= 4 is 51.7 Å². The molecule has 2 aromatic heterocycles. The van der Waals surface area contributed by atoms with Gasteiger partial charge < -0.3 is 9.72 Å². The zero-order valence-corrected chi connectivity index (χ0v) is 15.2. The molecule has 0 unspecified atom stereocenters. The fourth-order valence-corrected chi connectivity index (χ4v) is 3.22. The van der Waals surface area contributed by atoms with E-state index in [1.807, 2.05) is 0 Å². The first-order valence-corrected chi connectivity index (χ1v) is 8.50. The van der Waals surface area contributed by atoms with Crippen LogP contribution >= 0.6 is 23.2 Å². The molecular formula is C19H13Cl2N3O2. The van der Waals surface area contributed by atoms with Crippen LogP contribution in [-0.2, 0) is 4.74 Å². The molecule has 0 saturated carbocycles. The lowest BCUT2D eigenvalue weighted by Crippen LogP contribution is -2.06. The summed E-state index contributed by atoms with van der Waals surface area (Å²) in [6, 6.07) is 8.88. The molecule has 0 spiro atoms. The number of aromatic amines is 1. The Labute approximate surface area is 159 Å². The summed E-state index contributed by atoms with van der Waals surface area (Å²) in [4.78, 5) is 19.4. The van der Waals surface area contributed by atoms with Crippen LogP contribution in [0, 0.1) is 11.3 Å². The Morgan fingerprint density at radius 3 is 2.88 bits per heavy atom. The van der Waals surface area contributed by atoms with Crippen molar-refractivity contribution in [3.8, 4) is 6.07 Å². The van der Waals surface area contributed by atoms with Crippen molar-refractivity contribution in [1.29, 1.82) is 5.26 Å². The van der Waals surface area contributed by atoms with E-state index in [9.17, 15) is 10.1 Å². The highest BCUT2D eigenvalue weighted by Crippen LogP contribution is 2.35. The van der Waals surface area contributed by atoms with Gasteiger partial charge in [0.25, 0.3) is 0 Å². The molecule has 0 aliphatic carbocycles. The zero-order valence-electron chi connectivity index (χ0n) is 13.7. The lowest BCUT2D eigenvalue weighted by atomic mass is 10.0. The van der Waals surface area contributed by atoms with Gasteiger partial charge in [-0.1, -0.05) is 29.3 Å². The molecule has 3 rings (SSSR count). The van der Waals surface area contributed by atoms with Crippen LogP contribution in [0.2, 0.25) is 10.0 Å². The summed E-state index contributed by atoms with van der Waals surface area (Å²) in [5, 5.41) is 11.0. The predicted molar refractivity (Wildman–Crippen MR) is 102 cm³/mol. The number of halogens is 2. The van der Waals surface area contributed by atoms with Crippen molar-refractivity contribution in [3.05, 3.63) is 63.5 Å². The topological polar surface area (TPSA) is 78.8 Å². The Balaban J connectivity index is 2.29. The Morgan fingerprint density at radius 2 is 2.23 bits per heavy atom. The molecule has 0 aliphatic rings. The van der Waals surface area contributed by atoms with Crippen LogP contribution in [-0.4, -0.2) is 22.5 Å². The van der Waals surface area contributed by atoms with Gasteiger partial charge in [0.15, 0.2) is 0 Å². The molecular weight excluding hydrogens is 373 g/mol. The number of rotatable bonds is 4. The van der Waals surface area contributed by atoms with Crippen molar-refractivity contribution < 1.29 is 9.53 Å². The maximum absolute atomic E-state index is 12.4. The number of esters is 1. The predicted octanol–water partition coefficient (Wildman–Crippen LogP) is 5.11. The minimum atomic E-state index is -0.536. The second kappa shape index (κ2) is 7.61. The maximum atomic E-state index is 12.4. The Bertz CT molecular complexity index is 1050. The molecule has 1 aromatic carbocycles. The summed E-state index contributed by atoms with van der Waals surface area (Å²) < 4.78 is 5.12. The van der Waals surface area contributed by atoms with Crippen molar-refractivity contribution in [2.45, 2.75) is 6.92 Å². The minimum absolute atomic E-state index is 0.211. The molecule has 130 valence electrons. The first-order valence-electron chi connectivity index (χ1n) is 7.75. The number of aromatic nitrogens is 2. The van der Waals surface area contributed by atoms with Gasteiger partial charge in [0, 0.05) is 39.4 Å². The smallest absolute Gasteiger partial charge is 0.355 e. The van der Waals surface area contributed by atoms with Crippen LogP contribution < -0.4 is 0 Å². The number of ether oxygens (including phenoxy) is 1. The van der Waals surface area contributed by atoms with Gasteiger partial charge in [-0.2, -0.15) is 5.26 Å². The number of H-pyrrole nitrogens is 1. The molecule has 0 amide bonds. The molecule has 5 nitrogen and oxygen atoms in total. The van der Waals surface area contributed by atoms with Crippen molar-refractivity contribution in [1.82, 2.24) is 9.97 Å². The van der Waals surface area contributed by atoms with Gasteiger partial charge in [0.2, 0.25) is 0 Å². The minimum Gasteiger partial charge on any atom is -0.461 e. The van der Waals surface area contributed by atoms with E-state index in [-0.39, 0.29) is 12.3 Å². The third-order valence-electron chi connectivity index (χ3n) is 3.71. The fraction of sp³-hybridized carbons (Fsp3) is 0.105. The molecule has 2 heterocycles. The Morgan fingerprint density at radius 1 is 1.42 bits per heavy atom. The highest BCUT2D eigenvalue weighted by Gasteiger charge is 2.20. The number of pyridine rings is 1.